The van der Waals surface area contributed by atoms with Crippen LogP contribution < -0.4 is 5.32 Å². The van der Waals surface area contributed by atoms with E-state index < -0.39 is 0 Å². The molecule has 0 aromatic carbocycles. The normalized spacial score (nSPS) is 18.4. The molecule has 0 spiro atoms. The van der Waals surface area contributed by atoms with Gasteiger partial charge < -0.3 is 10.2 Å². The van der Waals surface area contributed by atoms with E-state index in [0.717, 1.165) is 38.9 Å². The Morgan fingerprint density at radius 2 is 2.40 bits per heavy atom. The van der Waals surface area contributed by atoms with Crippen LogP contribution in [0.1, 0.15) is 49.1 Å². The molecule has 1 aliphatic heterocycles. The van der Waals surface area contributed by atoms with Gasteiger partial charge in [-0.3, -0.25) is 9.48 Å². The Balaban J connectivity index is 0.00000200. The van der Waals surface area contributed by atoms with Crippen LogP contribution in [0, 0.1) is 0 Å². The molecule has 0 bridgehead atoms. The molecule has 2 rings (SSSR count). The van der Waals surface area contributed by atoms with Crippen LogP contribution in [-0.4, -0.2) is 47.3 Å². The highest BCUT2D eigenvalue weighted by molar-refractivity contribution is 5.91. The number of rotatable bonds is 5. The van der Waals surface area contributed by atoms with Gasteiger partial charge in [-0.05, 0) is 31.9 Å². The maximum Gasteiger partial charge on any atom is 0.274 e. The number of carbonyl (C=O) groups is 1. The smallest absolute Gasteiger partial charge is 0.274 e. The summed E-state index contributed by atoms with van der Waals surface area (Å²) >= 11 is 0. The summed E-state index contributed by atoms with van der Waals surface area (Å²) in [6, 6.07) is 2.22. The first-order valence-electron chi connectivity index (χ1n) is 7.23. The topological polar surface area (TPSA) is 50.2 Å². The second-order valence-corrected chi connectivity index (χ2v) is 5.26. The molecule has 5 nitrogen and oxygen atoms in total. The highest BCUT2D eigenvalue weighted by atomic mass is 35.5. The predicted octanol–water partition coefficient (Wildman–Crippen LogP) is 2.10. The first-order chi connectivity index (χ1) is 9.22. The molecule has 114 valence electrons. The van der Waals surface area contributed by atoms with E-state index in [2.05, 4.69) is 17.3 Å². The fraction of sp³-hybridized carbons (Fsp3) is 0.714. The Hall–Kier alpha value is -1.07. The first-order valence-corrected chi connectivity index (χ1v) is 7.23. The largest absolute Gasteiger partial charge is 0.340 e. The molecule has 1 fully saturated rings. The van der Waals surface area contributed by atoms with Crippen molar-refractivity contribution in [3.63, 3.8) is 0 Å². The monoisotopic (exact) mass is 300 g/mol. The van der Waals surface area contributed by atoms with Gasteiger partial charge in [0, 0.05) is 26.3 Å². The number of nitrogens with zero attached hydrogens (tertiary/aromatic N) is 3. The number of amides is 1. The van der Waals surface area contributed by atoms with E-state index in [0.29, 0.717) is 11.7 Å². The van der Waals surface area contributed by atoms with E-state index in [-0.39, 0.29) is 18.3 Å². The number of carbonyl (C=O) groups excluding carboxylic acids is 1. The van der Waals surface area contributed by atoms with E-state index in [1.807, 2.05) is 24.0 Å². The van der Waals surface area contributed by atoms with Gasteiger partial charge in [-0.15, -0.1) is 12.4 Å². The van der Waals surface area contributed by atoms with Gasteiger partial charge in [0.1, 0.15) is 5.69 Å². The fourth-order valence-corrected chi connectivity index (χ4v) is 2.41. The van der Waals surface area contributed by atoms with Gasteiger partial charge in [0.05, 0.1) is 6.04 Å². The van der Waals surface area contributed by atoms with Crippen molar-refractivity contribution in [2.75, 3.05) is 26.7 Å². The Morgan fingerprint density at radius 3 is 3.05 bits per heavy atom. The number of aromatic nitrogens is 2. The van der Waals surface area contributed by atoms with Gasteiger partial charge in [-0.2, -0.15) is 5.10 Å². The van der Waals surface area contributed by atoms with Gasteiger partial charge in [-0.1, -0.05) is 13.3 Å². The highest BCUT2D eigenvalue weighted by Gasteiger charge is 2.19. The minimum atomic E-state index is 0. The molecule has 0 aliphatic carbocycles. The van der Waals surface area contributed by atoms with Crippen molar-refractivity contribution in [1.29, 1.82) is 0 Å². The standard InChI is InChI=1S/C14H24N4O.ClH/c1-3-4-9-17(2)14(19)13-7-10-18(16-13)12-6-5-8-15-11-12;/h7,10,12,15H,3-6,8-9,11H2,1-2H3;1H. The van der Waals surface area contributed by atoms with E-state index in [1.165, 1.54) is 6.42 Å². The molecule has 6 heteroatoms. The summed E-state index contributed by atoms with van der Waals surface area (Å²) in [4.78, 5) is 13.9. The molecule has 1 saturated heterocycles. The SMILES string of the molecule is CCCCN(C)C(=O)c1ccn(C2CCCNC2)n1.Cl. The lowest BCUT2D eigenvalue weighted by atomic mass is 10.1. The summed E-state index contributed by atoms with van der Waals surface area (Å²) < 4.78 is 1.94. The molecule has 1 atom stereocenters. The molecular weight excluding hydrogens is 276 g/mol. The summed E-state index contributed by atoms with van der Waals surface area (Å²) in [5.74, 6) is 0.0240. The predicted molar refractivity (Wildman–Crippen MR) is 82.5 cm³/mol. The number of halogens is 1. The average Bonchev–Trinajstić information content (AvgIpc) is 2.94. The number of piperidine rings is 1. The van der Waals surface area contributed by atoms with Crippen LogP contribution in [0.5, 0.6) is 0 Å². The second kappa shape index (κ2) is 8.27. The van der Waals surface area contributed by atoms with Crippen LogP contribution in [-0.2, 0) is 0 Å². The molecular formula is C14H25ClN4O. The molecule has 1 aliphatic rings. The van der Waals surface area contributed by atoms with Gasteiger partial charge in [0.25, 0.3) is 5.91 Å². The maximum absolute atomic E-state index is 12.2. The zero-order valence-corrected chi connectivity index (χ0v) is 13.2. The van der Waals surface area contributed by atoms with Gasteiger partial charge in [-0.25, -0.2) is 0 Å². The average molecular weight is 301 g/mol. The molecule has 1 aromatic heterocycles. The van der Waals surface area contributed by atoms with Crippen LogP contribution in [0.25, 0.3) is 0 Å². The van der Waals surface area contributed by atoms with Crippen LogP contribution in [0.2, 0.25) is 0 Å². The third-order valence-corrected chi connectivity index (χ3v) is 3.67. The summed E-state index contributed by atoms with van der Waals surface area (Å²) in [5.41, 5.74) is 0.559. The van der Waals surface area contributed by atoms with Crippen molar-refractivity contribution in [3.8, 4) is 0 Å². The second-order valence-electron chi connectivity index (χ2n) is 5.26. The Labute approximate surface area is 127 Å². The number of hydrogen-bond acceptors (Lipinski definition) is 3. The van der Waals surface area contributed by atoms with Crippen LogP contribution in [0.4, 0.5) is 0 Å². The summed E-state index contributed by atoms with van der Waals surface area (Å²) in [6.07, 6.45) is 6.37. The van der Waals surface area contributed by atoms with Crippen LogP contribution in [0.3, 0.4) is 0 Å². The molecule has 1 aromatic rings. The van der Waals surface area contributed by atoms with Crippen LogP contribution >= 0.6 is 12.4 Å². The summed E-state index contributed by atoms with van der Waals surface area (Å²) in [6.45, 7) is 4.96. The van der Waals surface area contributed by atoms with Gasteiger partial charge in [0.15, 0.2) is 0 Å². The van der Waals surface area contributed by atoms with E-state index in [1.54, 1.807) is 4.90 Å². The van der Waals surface area contributed by atoms with Crippen LogP contribution in [0.15, 0.2) is 12.3 Å². The molecule has 20 heavy (non-hydrogen) atoms. The van der Waals surface area contributed by atoms with Crippen molar-refractivity contribution >= 4 is 18.3 Å². The molecule has 0 radical (unpaired) electrons. The van der Waals surface area contributed by atoms with Crippen molar-refractivity contribution in [3.05, 3.63) is 18.0 Å². The van der Waals surface area contributed by atoms with Crippen molar-refractivity contribution in [2.45, 2.75) is 38.6 Å². The molecule has 0 saturated carbocycles. The lowest BCUT2D eigenvalue weighted by Gasteiger charge is -2.23. The number of hydrogen-bond donors (Lipinski definition) is 1. The molecule has 1 unspecified atom stereocenters. The van der Waals surface area contributed by atoms with E-state index >= 15 is 0 Å². The lowest BCUT2D eigenvalue weighted by Crippen LogP contribution is -2.32. The van der Waals surface area contributed by atoms with Gasteiger partial charge >= 0.3 is 0 Å². The minimum absolute atomic E-state index is 0. The van der Waals surface area contributed by atoms with Crippen molar-refractivity contribution in [2.24, 2.45) is 0 Å². The molecule has 2 heterocycles. The number of unbranched alkanes of at least 4 members (excludes halogenated alkanes) is 1. The third-order valence-electron chi connectivity index (χ3n) is 3.67. The van der Waals surface area contributed by atoms with Crippen molar-refractivity contribution < 1.29 is 4.79 Å². The minimum Gasteiger partial charge on any atom is -0.340 e. The highest BCUT2D eigenvalue weighted by Crippen LogP contribution is 2.16. The van der Waals surface area contributed by atoms with E-state index in [4.69, 9.17) is 0 Å². The zero-order chi connectivity index (χ0) is 13.7. The summed E-state index contributed by atoms with van der Waals surface area (Å²) in [5, 5.41) is 7.81. The first kappa shape index (κ1) is 17.0. The Bertz CT molecular complexity index is 415. The van der Waals surface area contributed by atoms with Gasteiger partial charge in [0.2, 0.25) is 0 Å². The van der Waals surface area contributed by atoms with E-state index in [9.17, 15) is 4.79 Å². The zero-order valence-electron chi connectivity index (χ0n) is 12.3. The number of nitrogens with one attached hydrogen (secondary N) is 1. The summed E-state index contributed by atoms with van der Waals surface area (Å²) in [7, 11) is 1.85. The third kappa shape index (κ3) is 4.21. The quantitative estimate of drug-likeness (QED) is 0.906. The maximum atomic E-state index is 12.2. The molecule has 1 N–H and O–H groups in total. The Morgan fingerprint density at radius 1 is 1.60 bits per heavy atom. The lowest BCUT2D eigenvalue weighted by molar-refractivity contribution is 0.0786. The fourth-order valence-electron chi connectivity index (χ4n) is 2.41. The molecule has 1 amide bonds. The van der Waals surface area contributed by atoms with Crippen molar-refractivity contribution in [1.82, 2.24) is 20.0 Å². The Kier molecular flexibility index (Phi) is 7.02.